The van der Waals surface area contributed by atoms with Gasteiger partial charge in [-0.15, -0.1) is 0 Å². The third-order valence-electron chi connectivity index (χ3n) is 3.43. The van der Waals surface area contributed by atoms with Crippen molar-refractivity contribution in [1.82, 2.24) is 10.1 Å². The first kappa shape index (κ1) is 16.0. The van der Waals surface area contributed by atoms with Crippen LogP contribution in [0.2, 0.25) is 0 Å². The summed E-state index contributed by atoms with van der Waals surface area (Å²) in [6, 6.07) is 9.61. The molecule has 0 aliphatic carbocycles. The zero-order chi connectivity index (χ0) is 17.2. The summed E-state index contributed by atoms with van der Waals surface area (Å²) >= 11 is 0. The maximum atomic E-state index is 12.7. The van der Waals surface area contributed by atoms with Crippen LogP contribution >= 0.6 is 0 Å². The van der Waals surface area contributed by atoms with Gasteiger partial charge in [-0.2, -0.15) is 0 Å². The predicted molar refractivity (Wildman–Crippen MR) is 87.6 cm³/mol. The fourth-order valence-electron chi connectivity index (χ4n) is 2.10. The average molecular weight is 345 g/mol. The molecule has 3 aromatic rings. The van der Waals surface area contributed by atoms with Gasteiger partial charge in [0.1, 0.15) is 29.1 Å². The molecule has 0 aliphatic rings. The van der Waals surface area contributed by atoms with E-state index in [0.29, 0.717) is 22.9 Å². The van der Waals surface area contributed by atoms with Gasteiger partial charge in [-0.05, 0) is 43.3 Å². The lowest BCUT2D eigenvalue weighted by molar-refractivity contribution is 0.415. The van der Waals surface area contributed by atoms with Crippen molar-refractivity contribution in [2.75, 3.05) is 11.4 Å². The van der Waals surface area contributed by atoms with E-state index in [0.717, 1.165) is 4.31 Å². The summed E-state index contributed by atoms with van der Waals surface area (Å²) in [7, 11) is -2.25. The molecule has 24 heavy (non-hydrogen) atoms. The van der Waals surface area contributed by atoms with Crippen LogP contribution < -0.4 is 9.04 Å². The molecule has 8 heteroatoms. The molecule has 0 aliphatic heterocycles. The van der Waals surface area contributed by atoms with Gasteiger partial charge >= 0.3 is 0 Å². The van der Waals surface area contributed by atoms with Crippen molar-refractivity contribution < 1.29 is 17.7 Å². The maximum absolute atomic E-state index is 12.7. The second kappa shape index (κ2) is 6.32. The first-order valence-corrected chi connectivity index (χ1v) is 8.50. The Morgan fingerprint density at radius 2 is 1.67 bits per heavy atom. The van der Waals surface area contributed by atoms with Crippen LogP contribution in [0.4, 0.5) is 5.69 Å². The fraction of sp³-hybridized carbons (Fsp3) is 0.125. The van der Waals surface area contributed by atoms with Gasteiger partial charge in [-0.1, -0.05) is 5.16 Å². The van der Waals surface area contributed by atoms with Gasteiger partial charge in [0.2, 0.25) is 0 Å². The molecule has 7 nitrogen and oxygen atoms in total. The average Bonchev–Trinajstić information content (AvgIpc) is 3.01. The van der Waals surface area contributed by atoms with E-state index in [1.807, 2.05) is 0 Å². The summed E-state index contributed by atoms with van der Waals surface area (Å²) in [5.41, 5.74) is 0.894. The Bertz CT molecular complexity index is 921. The van der Waals surface area contributed by atoms with Crippen LogP contribution in [0.5, 0.6) is 11.5 Å². The minimum absolute atomic E-state index is 0.146. The summed E-state index contributed by atoms with van der Waals surface area (Å²) < 4.78 is 36.9. The minimum atomic E-state index is -3.71. The van der Waals surface area contributed by atoms with Crippen LogP contribution in [0.3, 0.4) is 0 Å². The Morgan fingerprint density at radius 3 is 2.25 bits per heavy atom. The van der Waals surface area contributed by atoms with Crippen LogP contribution in [0.25, 0.3) is 0 Å². The third-order valence-corrected chi connectivity index (χ3v) is 5.22. The zero-order valence-corrected chi connectivity index (χ0v) is 13.9. The molecule has 2 aromatic heterocycles. The van der Waals surface area contributed by atoms with Crippen LogP contribution in [-0.4, -0.2) is 25.6 Å². The van der Waals surface area contributed by atoms with E-state index in [1.54, 1.807) is 43.6 Å². The van der Waals surface area contributed by atoms with E-state index in [-0.39, 0.29) is 4.90 Å². The zero-order valence-electron chi connectivity index (χ0n) is 13.1. The van der Waals surface area contributed by atoms with E-state index in [1.165, 1.54) is 25.4 Å². The Kier molecular flexibility index (Phi) is 4.22. The molecule has 0 radical (unpaired) electrons. The van der Waals surface area contributed by atoms with Gasteiger partial charge < -0.3 is 9.26 Å². The number of aryl methyl sites for hydroxylation is 1. The second-order valence-electron chi connectivity index (χ2n) is 5.01. The molecule has 124 valence electrons. The highest BCUT2D eigenvalue weighted by Gasteiger charge is 2.24. The summed E-state index contributed by atoms with van der Waals surface area (Å²) in [4.78, 5) is 4.05. The molecule has 0 saturated heterocycles. The SMILES string of the molecule is Cc1nocc1N(C)S(=O)(=O)c1ccc(Oc2ccncc2)cc1. The number of hydrogen-bond donors (Lipinski definition) is 0. The Morgan fingerprint density at radius 1 is 1.04 bits per heavy atom. The Balaban J connectivity index is 1.83. The number of anilines is 1. The number of nitrogens with zero attached hydrogens (tertiary/aromatic N) is 3. The monoisotopic (exact) mass is 345 g/mol. The Labute approximate surface area is 139 Å². The summed E-state index contributed by atoms with van der Waals surface area (Å²) in [5, 5.41) is 3.70. The molecule has 1 aromatic carbocycles. The van der Waals surface area contributed by atoms with E-state index in [2.05, 4.69) is 10.1 Å². The van der Waals surface area contributed by atoms with Crippen molar-refractivity contribution in [2.45, 2.75) is 11.8 Å². The summed E-state index contributed by atoms with van der Waals surface area (Å²) in [6.07, 6.45) is 4.53. The highest BCUT2D eigenvalue weighted by molar-refractivity contribution is 7.92. The van der Waals surface area contributed by atoms with Gasteiger partial charge in [0.15, 0.2) is 0 Å². The van der Waals surface area contributed by atoms with Crippen LogP contribution in [-0.2, 0) is 10.0 Å². The molecule has 0 N–H and O–H groups in total. The first-order chi connectivity index (χ1) is 11.5. The smallest absolute Gasteiger partial charge is 0.264 e. The van der Waals surface area contributed by atoms with Crippen LogP contribution in [0.1, 0.15) is 5.69 Å². The molecule has 0 saturated carbocycles. The van der Waals surface area contributed by atoms with E-state index in [4.69, 9.17) is 9.26 Å². The standard InChI is InChI=1S/C16H15N3O4S/c1-12-16(11-22-18-12)19(2)24(20,21)15-5-3-13(4-6-15)23-14-7-9-17-10-8-14/h3-11H,1-2H3. The molecule has 3 rings (SSSR count). The number of rotatable bonds is 5. The van der Waals surface area contributed by atoms with Gasteiger partial charge in [0.25, 0.3) is 10.0 Å². The highest BCUT2D eigenvalue weighted by atomic mass is 32.2. The quantitative estimate of drug-likeness (QED) is 0.706. The van der Waals surface area contributed by atoms with Crippen LogP contribution in [0.15, 0.2) is 64.5 Å². The topological polar surface area (TPSA) is 85.5 Å². The lowest BCUT2D eigenvalue weighted by Crippen LogP contribution is -2.26. The molecular weight excluding hydrogens is 330 g/mol. The largest absolute Gasteiger partial charge is 0.457 e. The first-order valence-electron chi connectivity index (χ1n) is 7.06. The number of sulfonamides is 1. The van der Waals surface area contributed by atoms with Gasteiger partial charge in [-0.25, -0.2) is 8.42 Å². The fourth-order valence-corrected chi connectivity index (χ4v) is 3.33. The molecule has 0 bridgehead atoms. The third kappa shape index (κ3) is 3.09. The molecular formula is C16H15N3O4S. The van der Waals surface area contributed by atoms with Crippen molar-refractivity contribution in [1.29, 1.82) is 0 Å². The van der Waals surface area contributed by atoms with Gasteiger partial charge in [-0.3, -0.25) is 9.29 Å². The number of pyridine rings is 1. The van der Waals surface area contributed by atoms with Crippen molar-refractivity contribution in [2.24, 2.45) is 0 Å². The lowest BCUT2D eigenvalue weighted by atomic mass is 10.3. The number of hydrogen-bond acceptors (Lipinski definition) is 6. The van der Waals surface area contributed by atoms with Crippen molar-refractivity contribution in [3.05, 3.63) is 60.7 Å². The normalized spacial score (nSPS) is 11.2. The summed E-state index contributed by atoms with van der Waals surface area (Å²) in [6.45, 7) is 1.68. The van der Waals surface area contributed by atoms with Gasteiger partial charge in [0.05, 0.1) is 4.90 Å². The van der Waals surface area contributed by atoms with Crippen LogP contribution in [0, 0.1) is 6.92 Å². The molecule has 0 unspecified atom stereocenters. The molecule has 0 spiro atoms. The predicted octanol–water partition coefficient (Wildman–Crippen LogP) is 3.00. The van der Waals surface area contributed by atoms with Crippen molar-refractivity contribution >= 4 is 15.7 Å². The lowest BCUT2D eigenvalue weighted by Gasteiger charge is -2.18. The van der Waals surface area contributed by atoms with Crippen molar-refractivity contribution in [3.63, 3.8) is 0 Å². The number of aromatic nitrogens is 2. The van der Waals surface area contributed by atoms with Crippen molar-refractivity contribution in [3.8, 4) is 11.5 Å². The molecule has 0 amide bonds. The van der Waals surface area contributed by atoms with E-state index < -0.39 is 10.0 Å². The maximum Gasteiger partial charge on any atom is 0.264 e. The second-order valence-corrected chi connectivity index (χ2v) is 6.98. The Hall–Kier alpha value is -2.87. The summed E-state index contributed by atoms with van der Waals surface area (Å²) in [5.74, 6) is 1.15. The molecule has 2 heterocycles. The molecule has 0 fully saturated rings. The minimum Gasteiger partial charge on any atom is -0.457 e. The molecule has 0 atom stereocenters. The van der Waals surface area contributed by atoms with Gasteiger partial charge in [0, 0.05) is 19.4 Å². The van der Waals surface area contributed by atoms with E-state index >= 15 is 0 Å². The van der Waals surface area contributed by atoms with E-state index in [9.17, 15) is 8.42 Å². The highest BCUT2D eigenvalue weighted by Crippen LogP contribution is 2.27. The number of ether oxygens (including phenoxy) is 1. The number of benzene rings is 1.